The van der Waals surface area contributed by atoms with Gasteiger partial charge in [0.1, 0.15) is 0 Å². The second-order valence-electron chi connectivity index (χ2n) is 5.47. The number of carbonyl (C=O) groups is 1. The zero-order chi connectivity index (χ0) is 13.4. The Labute approximate surface area is 114 Å². The number of ketones is 1. The predicted octanol–water partition coefficient (Wildman–Crippen LogP) is 4.22. The van der Waals surface area contributed by atoms with Crippen molar-refractivity contribution in [2.75, 3.05) is 0 Å². The third-order valence-corrected chi connectivity index (χ3v) is 4.10. The smallest absolute Gasteiger partial charge is 0.170 e. The first kappa shape index (κ1) is 12.2. The standard InChI is InChI=1S/C18H18O/c1-12-7-9-15(13(2)11-12)18(19)17-10-8-14-5-3-4-6-16(14)17/h3-7,9,11,17H,8,10H2,1-2H3. The van der Waals surface area contributed by atoms with E-state index in [1.807, 2.05) is 25.1 Å². The van der Waals surface area contributed by atoms with Gasteiger partial charge in [-0.2, -0.15) is 0 Å². The predicted molar refractivity (Wildman–Crippen MR) is 77.8 cm³/mol. The van der Waals surface area contributed by atoms with Crippen LogP contribution in [0.4, 0.5) is 0 Å². The maximum Gasteiger partial charge on any atom is 0.170 e. The van der Waals surface area contributed by atoms with Crippen LogP contribution in [0.25, 0.3) is 0 Å². The monoisotopic (exact) mass is 250 g/mol. The Morgan fingerprint density at radius 3 is 2.68 bits per heavy atom. The Morgan fingerprint density at radius 1 is 1.11 bits per heavy atom. The summed E-state index contributed by atoms with van der Waals surface area (Å²) in [4.78, 5) is 12.7. The maximum absolute atomic E-state index is 12.7. The van der Waals surface area contributed by atoms with Gasteiger partial charge in [-0.25, -0.2) is 0 Å². The van der Waals surface area contributed by atoms with Crippen molar-refractivity contribution in [1.82, 2.24) is 0 Å². The van der Waals surface area contributed by atoms with Gasteiger partial charge in [0.15, 0.2) is 5.78 Å². The first-order valence-corrected chi connectivity index (χ1v) is 6.86. The molecule has 0 amide bonds. The fourth-order valence-corrected chi connectivity index (χ4v) is 3.11. The van der Waals surface area contributed by atoms with Gasteiger partial charge < -0.3 is 0 Å². The molecule has 0 saturated carbocycles. The summed E-state index contributed by atoms with van der Waals surface area (Å²) in [7, 11) is 0. The van der Waals surface area contributed by atoms with E-state index in [2.05, 4.69) is 31.2 Å². The van der Waals surface area contributed by atoms with E-state index in [0.29, 0.717) is 0 Å². The number of fused-ring (bicyclic) bond motifs is 1. The van der Waals surface area contributed by atoms with Crippen LogP contribution in [-0.4, -0.2) is 5.78 Å². The van der Waals surface area contributed by atoms with Gasteiger partial charge >= 0.3 is 0 Å². The van der Waals surface area contributed by atoms with Crippen LogP contribution >= 0.6 is 0 Å². The van der Waals surface area contributed by atoms with Crippen LogP contribution in [0.2, 0.25) is 0 Å². The molecule has 1 heteroatoms. The highest BCUT2D eigenvalue weighted by molar-refractivity contribution is 6.02. The molecule has 96 valence electrons. The summed E-state index contributed by atoms with van der Waals surface area (Å²) in [6.07, 6.45) is 1.98. The third kappa shape index (κ3) is 2.10. The fourth-order valence-electron chi connectivity index (χ4n) is 3.11. The summed E-state index contributed by atoms with van der Waals surface area (Å²) in [6.45, 7) is 4.09. The van der Waals surface area contributed by atoms with E-state index in [1.165, 1.54) is 16.7 Å². The van der Waals surface area contributed by atoms with Gasteiger partial charge in [0.2, 0.25) is 0 Å². The highest BCUT2D eigenvalue weighted by Gasteiger charge is 2.29. The van der Waals surface area contributed by atoms with Crippen LogP contribution in [0, 0.1) is 13.8 Å². The lowest BCUT2D eigenvalue weighted by atomic mass is 9.89. The average molecular weight is 250 g/mol. The molecule has 0 radical (unpaired) electrons. The van der Waals surface area contributed by atoms with Gasteiger partial charge in [-0.05, 0) is 43.4 Å². The highest BCUT2D eigenvalue weighted by atomic mass is 16.1. The van der Waals surface area contributed by atoms with E-state index in [0.717, 1.165) is 24.0 Å². The molecule has 1 aliphatic carbocycles. The molecule has 0 saturated heterocycles. The topological polar surface area (TPSA) is 17.1 Å². The zero-order valence-corrected chi connectivity index (χ0v) is 11.4. The van der Waals surface area contributed by atoms with Crippen LogP contribution in [0.3, 0.4) is 0 Å². The molecular weight excluding hydrogens is 232 g/mol. The molecule has 0 fully saturated rings. The molecule has 1 aliphatic rings. The first-order chi connectivity index (χ1) is 9.16. The normalized spacial score (nSPS) is 17.3. The van der Waals surface area contributed by atoms with Crippen molar-refractivity contribution in [1.29, 1.82) is 0 Å². The average Bonchev–Trinajstić information content (AvgIpc) is 2.82. The number of benzene rings is 2. The molecule has 0 N–H and O–H groups in total. The molecule has 19 heavy (non-hydrogen) atoms. The van der Waals surface area contributed by atoms with Gasteiger partial charge in [0.05, 0.1) is 0 Å². The number of rotatable bonds is 2. The molecule has 0 bridgehead atoms. The van der Waals surface area contributed by atoms with Crippen molar-refractivity contribution in [2.24, 2.45) is 0 Å². The molecule has 3 rings (SSSR count). The van der Waals surface area contributed by atoms with Crippen molar-refractivity contribution in [3.8, 4) is 0 Å². The van der Waals surface area contributed by atoms with Gasteiger partial charge in [-0.15, -0.1) is 0 Å². The van der Waals surface area contributed by atoms with E-state index >= 15 is 0 Å². The summed E-state index contributed by atoms with van der Waals surface area (Å²) in [6, 6.07) is 14.4. The van der Waals surface area contributed by atoms with Gasteiger partial charge in [0.25, 0.3) is 0 Å². The number of carbonyl (C=O) groups excluding carboxylic acids is 1. The van der Waals surface area contributed by atoms with Gasteiger partial charge in [-0.1, -0.05) is 48.0 Å². The second-order valence-corrected chi connectivity index (χ2v) is 5.47. The fraction of sp³-hybridized carbons (Fsp3) is 0.278. The van der Waals surface area contributed by atoms with Gasteiger partial charge in [0, 0.05) is 11.5 Å². The summed E-state index contributed by atoms with van der Waals surface area (Å²) in [5.41, 5.74) is 5.75. The third-order valence-electron chi connectivity index (χ3n) is 4.10. The van der Waals surface area contributed by atoms with Crippen LogP contribution in [0.1, 0.15) is 45.0 Å². The minimum absolute atomic E-state index is 0.0533. The SMILES string of the molecule is Cc1ccc(C(=O)C2CCc3ccccc32)c(C)c1. The highest BCUT2D eigenvalue weighted by Crippen LogP contribution is 2.35. The Hall–Kier alpha value is -1.89. The summed E-state index contributed by atoms with van der Waals surface area (Å²) in [5.74, 6) is 0.333. The minimum Gasteiger partial charge on any atom is -0.293 e. The number of hydrogen-bond donors (Lipinski definition) is 0. The minimum atomic E-state index is 0.0533. The van der Waals surface area contributed by atoms with Crippen molar-refractivity contribution < 1.29 is 4.79 Å². The van der Waals surface area contributed by atoms with Crippen molar-refractivity contribution >= 4 is 5.78 Å². The van der Waals surface area contributed by atoms with E-state index in [1.54, 1.807) is 0 Å². The number of aryl methyl sites for hydroxylation is 3. The van der Waals surface area contributed by atoms with E-state index in [4.69, 9.17) is 0 Å². The van der Waals surface area contributed by atoms with E-state index < -0.39 is 0 Å². The molecule has 1 nitrogen and oxygen atoms in total. The zero-order valence-electron chi connectivity index (χ0n) is 11.4. The van der Waals surface area contributed by atoms with Crippen LogP contribution in [0.15, 0.2) is 42.5 Å². The summed E-state index contributed by atoms with van der Waals surface area (Å²) >= 11 is 0. The molecule has 2 aromatic rings. The lowest BCUT2D eigenvalue weighted by molar-refractivity contribution is 0.0959. The molecule has 0 heterocycles. The Morgan fingerprint density at radius 2 is 1.89 bits per heavy atom. The molecular formula is C18H18O. The number of Topliss-reactive ketones (excluding diaryl/α,β-unsaturated/α-hetero) is 1. The van der Waals surface area contributed by atoms with Crippen molar-refractivity contribution in [2.45, 2.75) is 32.6 Å². The van der Waals surface area contributed by atoms with E-state index in [9.17, 15) is 4.79 Å². The van der Waals surface area contributed by atoms with E-state index in [-0.39, 0.29) is 11.7 Å². The van der Waals surface area contributed by atoms with Crippen LogP contribution in [-0.2, 0) is 6.42 Å². The molecule has 1 unspecified atom stereocenters. The van der Waals surface area contributed by atoms with Crippen molar-refractivity contribution in [3.63, 3.8) is 0 Å². The Kier molecular flexibility index (Phi) is 2.98. The van der Waals surface area contributed by atoms with Crippen LogP contribution < -0.4 is 0 Å². The Balaban J connectivity index is 1.98. The van der Waals surface area contributed by atoms with Crippen LogP contribution in [0.5, 0.6) is 0 Å². The quantitative estimate of drug-likeness (QED) is 0.729. The molecule has 0 aliphatic heterocycles. The maximum atomic E-state index is 12.7. The largest absolute Gasteiger partial charge is 0.293 e. The molecule has 1 atom stereocenters. The first-order valence-electron chi connectivity index (χ1n) is 6.86. The molecule has 2 aromatic carbocycles. The van der Waals surface area contributed by atoms with Crippen molar-refractivity contribution in [3.05, 3.63) is 70.3 Å². The second kappa shape index (κ2) is 4.65. The summed E-state index contributed by atoms with van der Waals surface area (Å²) < 4.78 is 0. The lowest BCUT2D eigenvalue weighted by Gasteiger charge is -2.13. The number of hydrogen-bond acceptors (Lipinski definition) is 1. The summed E-state index contributed by atoms with van der Waals surface area (Å²) in [5, 5.41) is 0. The molecule has 0 aromatic heterocycles. The lowest BCUT2D eigenvalue weighted by Crippen LogP contribution is -2.11. The Bertz CT molecular complexity index is 640. The molecule has 0 spiro atoms. The van der Waals surface area contributed by atoms with Gasteiger partial charge in [-0.3, -0.25) is 4.79 Å².